The van der Waals surface area contributed by atoms with E-state index < -0.39 is 0 Å². The molecule has 0 bridgehead atoms. The second-order valence-electron chi connectivity index (χ2n) is 3.78. The fourth-order valence-corrected chi connectivity index (χ4v) is 2.71. The number of halogens is 5. The molecule has 0 aliphatic rings. The number of anilines is 1. The van der Waals surface area contributed by atoms with Crippen LogP contribution in [0.3, 0.4) is 0 Å². The van der Waals surface area contributed by atoms with E-state index in [1.54, 1.807) is 12.1 Å². The van der Waals surface area contributed by atoms with Gasteiger partial charge in [0.05, 0.1) is 21.9 Å². The average molecular weight is 396 g/mol. The Bertz CT molecular complexity index is 654. The van der Waals surface area contributed by atoms with Gasteiger partial charge in [0.1, 0.15) is 5.82 Å². The summed E-state index contributed by atoms with van der Waals surface area (Å²) in [4.78, 5) is 0. The Labute approximate surface area is 138 Å². The lowest BCUT2D eigenvalue weighted by molar-refractivity contribution is 0.625. The summed E-state index contributed by atoms with van der Waals surface area (Å²) in [5.74, 6) is -0.382. The number of rotatable bonds is 3. The van der Waals surface area contributed by atoms with Crippen LogP contribution in [0.15, 0.2) is 39.9 Å². The Morgan fingerprint density at radius 1 is 1.10 bits per heavy atom. The highest BCUT2D eigenvalue weighted by molar-refractivity contribution is 9.10. The van der Waals surface area contributed by atoms with Gasteiger partial charge < -0.3 is 0 Å². The summed E-state index contributed by atoms with van der Waals surface area (Å²) in [6, 6.07) is 7.62. The van der Waals surface area contributed by atoms with Gasteiger partial charge in [0.25, 0.3) is 0 Å². The zero-order chi connectivity index (χ0) is 14.7. The van der Waals surface area contributed by atoms with Crippen molar-refractivity contribution in [2.24, 2.45) is 5.10 Å². The van der Waals surface area contributed by atoms with Gasteiger partial charge in [-0.15, -0.1) is 0 Å². The largest absolute Gasteiger partial charge is 0.275 e. The molecule has 0 aromatic heterocycles. The molecule has 0 aliphatic heterocycles. The molecular formula is C13H7BrCl3FN2. The lowest BCUT2D eigenvalue weighted by Gasteiger charge is -2.06. The molecule has 2 nitrogen and oxygen atoms in total. The van der Waals surface area contributed by atoms with E-state index in [2.05, 4.69) is 26.5 Å². The fraction of sp³-hybridized carbons (Fsp3) is 0. The van der Waals surface area contributed by atoms with Gasteiger partial charge in [0, 0.05) is 15.1 Å². The maximum Gasteiger partial charge on any atom is 0.132 e. The van der Waals surface area contributed by atoms with Crippen molar-refractivity contribution in [2.45, 2.75) is 0 Å². The highest BCUT2D eigenvalue weighted by Gasteiger charge is 2.06. The molecule has 0 radical (unpaired) electrons. The van der Waals surface area contributed by atoms with Crippen LogP contribution in [0, 0.1) is 5.82 Å². The van der Waals surface area contributed by atoms with Crippen LogP contribution in [0.1, 0.15) is 5.56 Å². The Morgan fingerprint density at radius 2 is 1.75 bits per heavy atom. The van der Waals surface area contributed by atoms with Gasteiger partial charge in [-0.1, -0.05) is 50.7 Å². The second-order valence-corrected chi connectivity index (χ2v) is 5.95. The minimum absolute atomic E-state index is 0.327. The third-order valence-corrected chi connectivity index (χ3v) is 3.65. The van der Waals surface area contributed by atoms with Gasteiger partial charge in [-0.05, 0) is 30.3 Å². The molecule has 7 heteroatoms. The van der Waals surface area contributed by atoms with Gasteiger partial charge in [-0.2, -0.15) is 5.10 Å². The van der Waals surface area contributed by atoms with Crippen LogP contribution >= 0.6 is 50.7 Å². The predicted molar refractivity (Wildman–Crippen MR) is 86.8 cm³/mol. The number of hydrazone groups is 1. The van der Waals surface area contributed by atoms with Crippen molar-refractivity contribution in [3.8, 4) is 0 Å². The predicted octanol–water partition coefficient (Wildman–Crippen LogP) is 5.99. The summed E-state index contributed by atoms with van der Waals surface area (Å²) >= 11 is 21.0. The Morgan fingerprint density at radius 3 is 2.40 bits per heavy atom. The summed E-state index contributed by atoms with van der Waals surface area (Å²) < 4.78 is 14.3. The van der Waals surface area contributed by atoms with Gasteiger partial charge in [-0.3, -0.25) is 5.43 Å². The molecule has 0 heterocycles. The van der Waals surface area contributed by atoms with Crippen molar-refractivity contribution >= 4 is 62.6 Å². The molecule has 0 unspecified atom stereocenters. The molecule has 2 rings (SSSR count). The molecule has 104 valence electrons. The monoisotopic (exact) mass is 394 g/mol. The molecule has 0 saturated heterocycles. The van der Waals surface area contributed by atoms with E-state index in [0.717, 1.165) is 4.47 Å². The van der Waals surface area contributed by atoms with Crippen LogP contribution in [-0.4, -0.2) is 6.21 Å². The number of hydrogen-bond donors (Lipinski definition) is 1. The second kappa shape index (κ2) is 6.76. The number of benzene rings is 2. The van der Waals surface area contributed by atoms with Crippen LogP contribution in [-0.2, 0) is 0 Å². The van der Waals surface area contributed by atoms with E-state index in [1.165, 1.54) is 24.4 Å². The Hall–Kier alpha value is -0.810. The molecule has 20 heavy (non-hydrogen) atoms. The summed E-state index contributed by atoms with van der Waals surface area (Å²) in [5, 5.41) is 5.00. The maximum absolute atomic E-state index is 13.5. The molecule has 2 aromatic rings. The lowest BCUT2D eigenvalue weighted by Crippen LogP contribution is -1.94. The molecule has 0 spiro atoms. The normalized spacial score (nSPS) is 11.1. The fourth-order valence-electron chi connectivity index (χ4n) is 1.43. The average Bonchev–Trinajstić information content (AvgIpc) is 2.36. The van der Waals surface area contributed by atoms with Crippen molar-refractivity contribution in [3.63, 3.8) is 0 Å². The van der Waals surface area contributed by atoms with Crippen LogP contribution in [0.2, 0.25) is 15.1 Å². The van der Waals surface area contributed by atoms with Crippen molar-refractivity contribution in [1.29, 1.82) is 0 Å². The van der Waals surface area contributed by atoms with Crippen LogP contribution in [0.5, 0.6) is 0 Å². The summed E-state index contributed by atoms with van der Waals surface area (Å²) in [6.07, 6.45) is 1.33. The van der Waals surface area contributed by atoms with Crippen LogP contribution < -0.4 is 5.43 Å². The van der Waals surface area contributed by atoms with Crippen molar-refractivity contribution in [1.82, 2.24) is 0 Å². The molecule has 0 aliphatic carbocycles. The zero-order valence-corrected chi connectivity index (χ0v) is 13.7. The highest BCUT2D eigenvalue weighted by atomic mass is 79.9. The SMILES string of the molecule is Fc1ccc(Br)cc1/C=N\Nc1c(Cl)cc(Cl)cc1Cl. The van der Waals surface area contributed by atoms with E-state index >= 15 is 0 Å². The molecule has 0 atom stereocenters. The van der Waals surface area contributed by atoms with Gasteiger partial charge in [0.2, 0.25) is 0 Å². The quantitative estimate of drug-likeness (QED) is 0.500. The zero-order valence-electron chi connectivity index (χ0n) is 9.80. The summed E-state index contributed by atoms with van der Waals surface area (Å²) in [5.41, 5.74) is 3.40. The first-order chi connectivity index (χ1) is 9.47. The van der Waals surface area contributed by atoms with Crippen molar-refractivity contribution < 1.29 is 4.39 Å². The topological polar surface area (TPSA) is 24.4 Å². The first-order valence-electron chi connectivity index (χ1n) is 5.36. The summed E-state index contributed by atoms with van der Waals surface area (Å²) in [7, 11) is 0. The van der Waals surface area contributed by atoms with Gasteiger partial charge in [0.15, 0.2) is 0 Å². The third kappa shape index (κ3) is 3.85. The first-order valence-corrected chi connectivity index (χ1v) is 7.29. The first kappa shape index (κ1) is 15.6. The molecule has 2 aromatic carbocycles. The van der Waals surface area contributed by atoms with E-state index in [0.29, 0.717) is 26.3 Å². The van der Waals surface area contributed by atoms with E-state index in [1.807, 2.05) is 0 Å². The van der Waals surface area contributed by atoms with Gasteiger partial charge in [-0.25, -0.2) is 4.39 Å². The van der Waals surface area contributed by atoms with Crippen molar-refractivity contribution in [3.05, 3.63) is 61.3 Å². The van der Waals surface area contributed by atoms with Crippen LogP contribution in [0.25, 0.3) is 0 Å². The molecular weight excluding hydrogens is 389 g/mol. The highest BCUT2D eigenvalue weighted by Crippen LogP contribution is 2.33. The lowest BCUT2D eigenvalue weighted by atomic mass is 10.2. The number of nitrogens with zero attached hydrogens (tertiary/aromatic N) is 1. The molecule has 0 amide bonds. The number of hydrogen-bond acceptors (Lipinski definition) is 2. The summed E-state index contributed by atoms with van der Waals surface area (Å²) in [6.45, 7) is 0. The molecule has 0 fully saturated rings. The number of nitrogens with one attached hydrogen (secondary N) is 1. The van der Waals surface area contributed by atoms with E-state index in [9.17, 15) is 4.39 Å². The molecule has 1 N–H and O–H groups in total. The van der Waals surface area contributed by atoms with E-state index in [-0.39, 0.29) is 5.82 Å². The minimum atomic E-state index is -0.382. The van der Waals surface area contributed by atoms with E-state index in [4.69, 9.17) is 34.8 Å². The Kier molecular flexibility index (Phi) is 5.27. The maximum atomic E-state index is 13.5. The van der Waals surface area contributed by atoms with Crippen molar-refractivity contribution in [2.75, 3.05) is 5.43 Å². The minimum Gasteiger partial charge on any atom is -0.275 e. The van der Waals surface area contributed by atoms with Gasteiger partial charge >= 0.3 is 0 Å². The third-order valence-electron chi connectivity index (χ3n) is 2.34. The molecule has 0 saturated carbocycles. The standard InChI is InChI=1S/C13H7BrCl3FN2/c14-8-1-2-12(18)7(3-8)6-19-20-13-10(16)4-9(15)5-11(13)17/h1-6,20H/b19-6-. The van der Waals surface area contributed by atoms with Crippen LogP contribution in [0.4, 0.5) is 10.1 Å². The Balaban J connectivity index is 2.20. The smallest absolute Gasteiger partial charge is 0.132 e.